The molecule has 1 aliphatic heterocycles. The normalized spacial score (nSPS) is 24.2. The summed E-state index contributed by atoms with van der Waals surface area (Å²) < 4.78 is 14.9. The minimum atomic E-state index is -0.668. The second-order valence-electron chi connectivity index (χ2n) is 7.00. The first-order chi connectivity index (χ1) is 13.5. The number of anilines is 1. The van der Waals surface area contributed by atoms with Gasteiger partial charge in [0, 0.05) is 17.0 Å². The van der Waals surface area contributed by atoms with Crippen molar-refractivity contribution in [3.05, 3.63) is 52.8 Å². The van der Waals surface area contributed by atoms with Crippen LogP contribution >= 0.6 is 23.4 Å². The third kappa shape index (κ3) is 3.58. The number of fused-ring (bicyclic) bond motifs is 1. The Morgan fingerprint density at radius 1 is 1.32 bits per heavy atom. The number of halogens is 2. The van der Waals surface area contributed by atoms with E-state index in [2.05, 4.69) is 15.3 Å². The summed E-state index contributed by atoms with van der Waals surface area (Å²) in [5, 5.41) is 3.44. The molecule has 4 rings (SSSR count). The van der Waals surface area contributed by atoms with Crippen molar-refractivity contribution in [2.75, 3.05) is 11.1 Å². The fourth-order valence-corrected chi connectivity index (χ4v) is 5.13. The molecule has 2 aromatic rings. The van der Waals surface area contributed by atoms with Crippen molar-refractivity contribution in [3.8, 4) is 0 Å². The molecule has 28 heavy (non-hydrogen) atoms. The topological polar surface area (TPSA) is 93.3 Å². The van der Waals surface area contributed by atoms with E-state index in [0.29, 0.717) is 16.4 Å². The summed E-state index contributed by atoms with van der Waals surface area (Å²) in [6.45, 7) is 0. The van der Waals surface area contributed by atoms with E-state index in [-0.39, 0.29) is 22.6 Å². The van der Waals surface area contributed by atoms with E-state index in [1.807, 2.05) is 0 Å². The van der Waals surface area contributed by atoms with Crippen molar-refractivity contribution < 1.29 is 9.18 Å². The standard InChI is InChI=1S/C19H19ClFN5OS/c20-16-9-23-15(8-24-16)17(27)25-12-4-5-14(21)13(7-12)19-6-2-1-3-11(19)10-28-18(22)26-19/h4-5,7-9,11H,1-3,6,10H2,(H2,22,26)(H,25,27)/t11-,19-/m0/s1. The minimum absolute atomic E-state index is 0.125. The average molecular weight is 420 g/mol. The molecule has 1 amide bonds. The molecule has 2 atom stereocenters. The Labute approximate surface area is 171 Å². The van der Waals surface area contributed by atoms with Crippen LogP contribution in [0.15, 0.2) is 35.6 Å². The number of aliphatic imine (C=N–C) groups is 1. The molecule has 3 N–H and O–H groups in total. The maximum Gasteiger partial charge on any atom is 0.275 e. The maximum atomic E-state index is 14.9. The molecule has 1 saturated carbocycles. The van der Waals surface area contributed by atoms with Gasteiger partial charge in [-0.3, -0.25) is 9.79 Å². The lowest BCUT2D eigenvalue weighted by molar-refractivity contribution is 0.102. The van der Waals surface area contributed by atoms with Gasteiger partial charge in [-0.2, -0.15) is 0 Å². The molecule has 0 spiro atoms. The van der Waals surface area contributed by atoms with E-state index in [9.17, 15) is 9.18 Å². The second kappa shape index (κ2) is 7.67. The van der Waals surface area contributed by atoms with Gasteiger partial charge in [-0.05, 0) is 37.0 Å². The molecule has 1 aromatic heterocycles. The number of benzene rings is 1. The van der Waals surface area contributed by atoms with Gasteiger partial charge in [0.25, 0.3) is 5.91 Å². The highest BCUT2D eigenvalue weighted by Crippen LogP contribution is 2.50. The average Bonchev–Trinajstić information content (AvgIpc) is 2.69. The van der Waals surface area contributed by atoms with Crippen molar-refractivity contribution in [1.29, 1.82) is 0 Å². The molecule has 146 valence electrons. The number of nitrogens with zero attached hydrogens (tertiary/aromatic N) is 3. The Kier molecular flexibility index (Phi) is 5.25. The second-order valence-corrected chi connectivity index (χ2v) is 8.43. The zero-order valence-electron chi connectivity index (χ0n) is 15.0. The number of rotatable bonds is 3. The number of carbonyl (C=O) groups is 1. The van der Waals surface area contributed by atoms with Crippen molar-refractivity contribution in [3.63, 3.8) is 0 Å². The summed E-state index contributed by atoms with van der Waals surface area (Å²) in [5.74, 6) is 0.272. The third-order valence-electron chi connectivity index (χ3n) is 5.32. The lowest BCUT2D eigenvalue weighted by Crippen LogP contribution is -2.43. The number of hydrogen-bond acceptors (Lipinski definition) is 6. The summed E-state index contributed by atoms with van der Waals surface area (Å²) in [6.07, 6.45) is 6.40. The minimum Gasteiger partial charge on any atom is -0.379 e. The van der Waals surface area contributed by atoms with E-state index < -0.39 is 11.4 Å². The van der Waals surface area contributed by atoms with Gasteiger partial charge in [0.15, 0.2) is 5.17 Å². The van der Waals surface area contributed by atoms with Gasteiger partial charge in [0.2, 0.25) is 0 Å². The molecule has 1 aromatic carbocycles. The summed E-state index contributed by atoms with van der Waals surface area (Å²) in [7, 11) is 0. The van der Waals surface area contributed by atoms with Crippen LogP contribution in [-0.4, -0.2) is 26.8 Å². The fourth-order valence-electron chi connectivity index (χ4n) is 3.99. The van der Waals surface area contributed by atoms with E-state index in [1.165, 1.54) is 36.3 Å². The van der Waals surface area contributed by atoms with Crippen molar-refractivity contribution in [2.45, 2.75) is 31.2 Å². The van der Waals surface area contributed by atoms with Crippen LogP contribution in [-0.2, 0) is 5.54 Å². The van der Waals surface area contributed by atoms with Gasteiger partial charge >= 0.3 is 0 Å². The molecule has 2 aliphatic rings. The first-order valence-electron chi connectivity index (χ1n) is 9.05. The Bertz CT molecular complexity index is 938. The number of thioether (sulfide) groups is 1. The van der Waals surface area contributed by atoms with Crippen LogP contribution in [0.2, 0.25) is 5.15 Å². The Morgan fingerprint density at radius 2 is 2.18 bits per heavy atom. The predicted octanol–water partition coefficient (Wildman–Crippen LogP) is 3.97. The number of aromatic nitrogens is 2. The highest BCUT2D eigenvalue weighted by molar-refractivity contribution is 8.13. The molecule has 0 bridgehead atoms. The van der Waals surface area contributed by atoms with E-state index in [1.54, 1.807) is 6.07 Å². The van der Waals surface area contributed by atoms with Gasteiger partial charge in [0.05, 0.1) is 17.9 Å². The molecule has 6 nitrogen and oxygen atoms in total. The Hall–Kier alpha value is -2.19. The maximum absolute atomic E-state index is 14.9. The largest absolute Gasteiger partial charge is 0.379 e. The summed E-state index contributed by atoms with van der Waals surface area (Å²) in [6, 6.07) is 4.56. The van der Waals surface area contributed by atoms with Crippen molar-refractivity contribution in [1.82, 2.24) is 9.97 Å². The number of amides is 1. The van der Waals surface area contributed by atoms with Crippen LogP contribution in [0, 0.1) is 11.7 Å². The number of carbonyl (C=O) groups excluding carboxylic acids is 1. The first kappa shape index (κ1) is 19.1. The monoisotopic (exact) mass is 419 g/mol. The number of amidine groups is 1. The van der Waals surface area contributed by atoms with Gasteiger partial charge in [-0.25, -0.2) is 14.4 Å². The summed E-state index contributed by atoms with van der Waals surface area (Å²) in [5.41, 5.74) is 6.44. The lowest BCUT2D eigenvalue weighted by Gasteiger charge is -2.44. The fraction of sp³-hybridized carbons (Fsp3) is 0.368. The molecular weight excluding hydrogens is 401 g/mol. The zero-order valence-corrected chi connectivity index (χ0v) is 16.6. The predicted molar refractivity (Wildman–Crippen MR) is 109 cm³/mol. The molecular formula is C19H19ClFN5OS. The third-order valence-corrected chi connectivity index (χ3v) is 6.47. The van der Waals surface area contributed by atoms with Crippen LogP contribution in [0.4, 0.5) is 10.1 Å². The summed E-state index contributed by atoms with van der Waals surface area (Å²) in [4.78, 5) is 25.0. The van der Waals surface area contributed by atoms with Crippen LogP contribution < -0.4 is 11.1 Å². The smallest absolute Gasteiger partial charge is 0.275 e. The SMILES string of the molecule is NC1=N[C@@]2(c3cc(NC(=O)c4cnc(Cl)cn4)ccc3F)CCCC[C@H]2CS1. The number of nitrogens with two attached hydrogens (primary N) is 1. The van der Waals surface area contributed by atoms with E-state index in [4.69, 9.17) is 22.3 Å². The molecule has 9 heteroatoms. The quantitative estimate of drug-likeness (QED) is 0.785. The molecule has 0 saturated heterocycles. The molecule has 0 radical (unpaired) electrons. The summed E-state index contributed by atoms with van der Waals surface area (Å²) >= 11 is 7.23. The van der Waals surface area contributed by atoms with E-state index >= 15 is 0 Å². The lowest BCUT2D eigenvalue weighted by atomic mass is 9.69. The van der Waals surface area contributed by atoms with E-state index in [0.717, 1.165) is 31.4 Å². The van der Waals surface area contributed by atoms with Crippen molar-refractivity contribution in [2.24, 2.45) is 16.6 Å². The Morgan fingerprint density at radius 3 is 2.96 bits per heavy atom. The van der Waals surface area contributed by atoms with Gasteiger partial charge in [-0.15, -0.1) is 0 Å². The Balaban J connectivity index is 1.68. The molecule has 2 heterocycles. The van der Waals surface area contributed by atoms with Crippen LogP contribution in [0.5, 0.6) is 0 Å². The molecule has 0 unspecified atom stereocenters. The zero-order chi connectivity index (χ0) is 19.7. The first-order valence-corrected chi connectivity index (χ1v) is 10.4. The van der Waals surface area contributed by atoms with Crippen LogP contribution in [0.25, 0.3) is 0 Å². The highest BCUT2D eigenvalue weighted by Gasteiger charge is 2.46. The number of hydrogen-bond donors (Lipinski definition) is 2. The number of nitrogens with one attached hydrogen (secondary N) is 1. The van der Waals surface area contributed by atoms with Crippen LogP contribution in [0.1, 0.15) is 41.7 Å². The highest BCUT2D eigenvalue weighted by atomic mass is 35.5. The van der Waals surface area contributed by atoms with Gasteiger partial charge in [0.1, 0.15) is 16.7 Å². The molecule has 1 aliphatic carbocycles. The van der Waals surface area contributed by atoms with Gasteiger partial charge < -0.3 is 11.1 Å². The van der Waals surface area contributed by atoms with Crippen molar-refractivity contribution >= 4 is 40.1 Å². The van der Waals surface area contributed by atoms with Gasteiger partial charge in [-0.1, -0.05) is 36.2 Å². The van der Waals surface area contributed by atoms with Crippen LogP contribution in [0.3, 0.4) is 0 Å². The molecule has 1 fully saturated rings.